The van der Waals surface area contributed by atoms with Crippen LogP contribution in [0.3, 0.4) is 0 Å². The third kappa shape index (κ3) is 3.43. The van der Waals surface area contributed by atoms with E-state index in [0.29, 0.717) is 23.1 Å². The number of amides is 1. The maximum atomic E-state index is 12.4. The van der Waals surface area contributed by atoms with Crippen LogP contribution >= 0.6 is 0 Å². The Labute approximate surface area is 171 Å². The molecule has 0 unspecified atom stereocenters. The van der Waals surface area contributed by atoms with Crippen molar-refractivity contribution in [2.45, 2.75) is 18.9 Å². The Kier molecular flexibility index (Phi) is 4.31. The Hall–Kier alpha value is -3.95. The number of rotatable bonds is 6. The number of pyridine rings is 1. The van der Waals surface area contributed by atoms with Gasteiger partial charge in [-0.2, -0.15) is 10.1 Å². The Morgan fingerprint density at radius 1 is 1.27 bits per heavy atom. The summed E-state index contributed by atoms with van der Waals surface area (Å²) in [6.45, 7) is 0. The topological polar surface area (TPSA) is 123 Å². The maximum absolute atomic E-state index is 12.4. The predicted molar refractivity (Wildman–Crippen MR) is 111 cm³/mol. The number of carbonyl (C=O) groups is 1. The van der Waals surface area contributed by atoms with Crippen LogP contribution in [0.4, 0.5) is 11.6 Å². The number of hydrogen-bond acceptors (Lipinski definition) is 7. The quantitative estimate of drug-likeness (QED) is 0.451. The smallest absolute Gasteiger partial charge is 0.255 e. The molecule has 0 spiro atoms. The van der Waals surface area contributed by atoms with Gasteiger partial charge in [0.05, 0.1) is 30.8 Å². The minimum Gasteiger partial charge on any atom is -0.496 e. The summed E-state index contributed by atoms with van der Waals surface area (Å²) < 4.78 is 7.09. The number of nitrogens with zero attached hydrogens (tertiary/aromatic N) is 5. The largest absolute Gasteiger partial charge is 0.496 e. The number of methoxy groups -OCH3 is 1. The highest BCUT2D eigenvalue weighted by atomic mass is 16.5. The molecule has 152 valence electrons. The molecule has 5 rings (SSSR count). The first-order valence-corrected chi connectivity index (χ1v) is 9.57. The number of aromatic amines is 1. The van der Waals surface area contributed by atoms with Gasteiger partial charge in [0.25, 0.3) is 5.91 Å². The molecule has 10 nitrogen and oxygen atoms in total. The average Bonchev–Trinajstić information content (AvgIpc) is 3.31. The SMILES string of the molecule is COc1cc(-c2nc(Nc3cnc4[nH]ncc4c3)n(C)n2)ccc1C(=O)NC1CC1. The first kappa shape index (κ1) is 18.1. The predicted octanol–water partition coefficient (Wildman–Crippen LogP) is 2.40. The average molecular weight is 404 g/mol. The standard InChI is InChI=1S/C20H20N8O2/c1-28-20(24-14-7-12-9-22-26-17(12)21-10-14)25-18(27-28)11-3-6-15(16(8-11)30-2)19(29)23-13-4-5-13/h3,6-10,13H,4-5H2,1-2H3,(H,23,29)(H,21,22,26)(H,24,25,27). The number of hydrogen-bond donors (Lipinski definition) is 3. The van der Waals surface area contributed by atoms with Crippen molar-refractivity contribution < 1.29 is 9.53 Å². The van der Waals surface area contributed by atoms with Gasteiger partial charge in [-0.25, -0.2) is 9.67 Å². The van der Waals surface area contributed by atoms with Gasteiger partial charge in [-0.15, -0.1) is 5.10 Å². The van der Waals surface area contributed by atoms with Crippen molar-refractivity contribution in [1.82, 2.24) is 35.3 Å². The van der Waals surface area contributed by atoms with E-state index in [1.807, 2.05) is 12.1 Å². The fourth-order valence-corrected chi connectivity index (χ4v) is 3.16. The number of aromatic nitrogens is 6. The number of H-pyrrole nitrogens is 1. The van der Waals surface area contributed by atoms with Crippen LogP contribution in [0.25, 0.3) is 22.4 Å². The highest BCUT2D eigenvalue weighted by molar-refractivity contribution is 5.97. The third-order valence-electron chi connectivity index (χ3n) is 4.93. The zero-order valence-electron chi connectivity index (χ0n) is 16.5. The molecule has 1 fully saturated rings. The van der Waals surface area contributed by atoms with E-state index in [9.17, 15) is 4.79 Å². The number of ether oxygens (including phenoxy) is 1. The van der Waals surface area contributed by atoms with Crippen LogP contribution in [-0.2, 0) is 7.05 Å². The van der Waals surface area contributed by atoms with Crippen LogP contribution in [0.2, 0.25) is 0 Å². The number of benzene rings is 1. The van der Waals surface area contributed by atoms with Gasteiger partial charge >= 0.3 is 0 Å². The summed E-state index contributed by atoms with van der Waals surface area (Å²) in [6, 6.07) is 7.55. The highest BCUT2D eigenvalue weighted by Crippen LogP contribution is 2.28. The molecule has 0 saturated heterocycles. The van der Waals surface area contributed by atoms with Crippen LogP contribution < -0.4 is 15.4 Å². The monoisotopic (exact) mass is 404 g/mol. The second kappa shape index (κ2) is 7.14. The van der Waals surface area contributed by atoms with Crippen molar-refractivity contribution in [2.24, 2.45) is 7.05 Å². The summed E-state index contributed by atoms with van der Waals surface area (Å²) in [7, 11) is 3.35. The zero-order valence-corrected chi connectivity index (χ0v) is 16.5. The lowest BCUT2D eigenvalue weighted by molar-refractivity contribution is 0.0948. The molecule has 3 aromatic heterocycles. The van der Waals surface area contributed by atoms with Crippen molar-refractivity contribution in [3.63, 3.8) is 0 Å². The van der Waals surface area contributed by atoms with E-state index in [4.69, 9.17) is 4.74 Å². The van der Waals surface area contributed by atoms with Crippen molar-refractivity contribution >= 4 is 28.6 Å². The van der Waals surface area contributed by atoms with Gasteiger partial charge in [-0.3, -0.25) is 9.89 Å². The Morgan fingerprint density at radius 2 is 2.13 bits per heavy atom. The van der Waals surface area contributed by atoms with E-state index in [0.717, 1.165) is 35.1 Å². The minimum atomic E-state index is -0.126. The molecule has 0 aliphatic heterocycles. The van der Waals surface area contributed by atoms with Gasteiger partial charge < -0.3 is 15.4 Å². The van der Waals surface area contributed by atoms with Gasteiger partial charge in [0.1, 0.15) is 5.75 Å². The van der Waals surface area contributed by atoms with E-state index in [1.165, 1.54) is 0 Å². The van der Waals surface area contributed by atoms with Crippen LogP contribution in [0.5, 0.6) is 5.75 Å². The number of anilines is 2. The molecule has 0 bridgehead atoms. The van der Waals surface area contributed by atoms with Crippen molar-refractivity contribution in [3.8, 4) is 17.1 Å². The minimum absolute atomic E-state index is 0.126. The second-order valence-corrected chi connectivity index (χ2v) is 7.20. The molecule has 10 heteroatoms. The molecule has 1 aliphatic rings. The zero-order chi connectivity index (χ0) is 20.7. The van der Waals surface area contributed by atoms with Crippen LogP contribution in [0.1, 0.15) is 23.2 Å². The molecule has 1 amide bonds. The molecule has 0 atom stereocenters. The lowest BCUT2D eigenvalue weighted by Gasteiger charge is -2.09. The Bertz CT molecular complexity index is 1240. The molecule has 1 aliphatic carbocycles. The Balaban J connectivity index is 1.41. The molecular formula is C20H20N8O2. The number of nitrogens with one attached hydrogen (secondary N) is 3. The summed E-state index contributed by atoms with van der Waals surface area (Å²) >= 11 is 0. The van der Waals surface area contributed by atoms with E-state index >= 15 is 0 Å². The van der Waals surface area contributed by atoms with E-state index < -0.39 is 0 Å². The lowest BCUT2D eigenvalue weighted by atomic mass is 10.1. The number of aryl methyl sites for hydroxylation is 1. The fourth-order valence-electron chi connectivity index (χ4n) is 3.16. The molecular weight excluding hydrogens is 384 g/mol. The molecule has 30 heavy (non-hydrogen) atoms. The molecule has 1 aromatic carbocycles. The van der Waals surface area contributed by atoms with E-state index in [2.05, 4.69) is 35.9 Å². The first-order chi connectivity index (χ1) is 14.6. The van der Waals surface area contributed by atoms with Crippen molar-refractivity contribution in [1.29, 1.82) is 0 Å². The van der Waals surface area contributed by atoms with Gasteiger partial charge in [0, 0.05) is 24.0 Å². The Morgan fingerprint density at radius 3 is 2.93 bits per heavy atom. The normalized spacial score (nSPS) is 13.4. The molecule has 3 heterocycles. The van der Waals surface area contributed by atoms with Crippen LogP contribution in [0.15, 0.2) is 36.7 Å². The molecule has 0 radical (unpaired) electrons. The van der Waals surface area contributed by atoms with Crippen LogP contribution in [0, 0.1) is 0 Å². The van der Waals surface area contributed by atoms with Crippen molar-refractivity contribution in [2.75, 3.05) is 12.4 Å². The highest BCUT2D eigenvalue weighted by Gasteiger charge is 2.25. The van der Waals surface area contributed by atoms with Crippen molar-refractivity contribution in [3.05, 3.63) is 42.2 Å². The second-order valence-electron chi connectivity index (χ2n) is 7.20. The van der Waals surface area contributed by atoms with Gasteiger partial charge in [0.15, 0.2) is 11.5 Å². The number of fused-ring (bicyclic) bond motifs is 1. The van der Waals surface area contributed by atoms with E-state index in [1.54, 1.807) is 43.4 Å². The summed E-state index contributed by atoms with van der Waals surface area (Å²) in [5.74, 6) is 1.44. The molecule has 1 saturated carbocycles. The first-order valence-electron chi connectivity index (χ1n) is 9.57. The maximum Gasteiger partial charge on any atom is 0.255 e. The van der Waals surface area contributed by atoms with E-state index in [-0.39, 0.29) is 11.9 Å². The lowest BCUT2D eigenvalue weighted by Crippen LogP contribution is -2.25. The van der Waals surface area contributed by atoms with Gasteiger partial charge in [-0.1, -0.05) is 6.07 Å². The fraction of sp³-hybridized carbons (Fsp3) is 0.250. The summed E-state index contributed by atoms with van der Waals surface area (Å²) in [4.78, 5) is 21.3. The van der Waals surface area contributed by atoms with Gasteiger partial charge in [0.2, 0.25) is 5.95 Å². The summed E-state index contributed by atoms with van der Waals surface area (Å²) in [6.07, 6.45) is 5.47. The summed E-state index contributed by atoms with van der Waals surface area (Å²) in [5, 5.41) is 18.4. The van der Waals surface area contributed by atoms with Gasteiger partial charge in [-0.05, 0) is 31.0 Å². The summed E-state index contributed by atoms with van der Waals surface area (Å²) in [5.41, 5.74) is 2.75. The molecule has 4 aromatic rings. The third-order valence-corrected chi connectivity index (χ3v) is 4.93. The number of carbonyl (C=O) groups excluding carboxylic acids is 1. The molecule has 3 N–H and O–H groups in total. The van der Waals surface area contributed by atoms with Crippen LogP contribution in [-0.4, -0.2) is 49.0 Å².